The van der Waals surface area contributed by atoms with E-state index in [1.807, 2.05) is 11.4 Å². The molecule has 3 nitrogen and oxygen atoms in total. The van der Waals surface area contributed by atoms with E-state index in [1.54, 1.807) is 18.4 Å². The summed E-state index contributed by atoms with van der Waals surface area (Å²) in [6.45, 7) is 4.13. The lowest BCUT2D eigenvalue weighted by Crippen LogP contribution is -1.86. The molecule has 0 aliphatic carbocycles. The van der Waals surface area contributed by atoms with Gasteiger partial charge in [-0.05, 0) is 37.6 Å². The van der Waals surface area contributed by atoms with Crippen molar-refractivity contribution in [1.29, 1.82) is 5.26 Å². The Morgan fingerprint density at radius 2 is 2.18 bits per heavy atom. The van der Waals surface area contributed by atoms with Gasteiger partial charge in [-0.2, -0.15) is 5.26 Å². The largest absolute Gasteiger partial charge is 0.465 e. The minimum atomic E-state index is 0.511. The Morgan fingerprint density at radius 1 is 1.32 bits per heavy atom. The first-order valence-electron chi connectivity index (χ1n) is 6.86. The fraction of sp³-hybridized carbons (Fsp3) is 0.111. The third kappa shape index (κ3) is 2.85. The highest BCUT2D eigenvalue weighted by Gasteiger charge is 2.11. The number of benzene rings is 1. The lowest BCUT2D eigenvalue weighted by atomic mass is 10.0. The third-order valence-corrected chi connectivity index (χ3v) is 4.23. The van der Waals surface area contributed by atoms with Crippen LogP contribution in [-0.2, 0) is 0 Å². The van der Waals surface area contributed by atoms with Gasteiger partial charge in [0.1, 0.15) is 16.8 Å². The Kier molecular flexibility index (Phi) is 3.90. The van der Waals surface area contributed by atoms with E-state index >= 15 is 0 Å². The lowest BCUT2D eigenvalue weighted by molar-refractivity contribution is 0.557. The number of thiazole rings is 1. The number of aryl methyl sites for hydroxylation is 2. The molecule has 2 heterocycles. The molecule has 3 rings (SSSR count). The van der Waals surface area contributed by atoms with Gasteiger partial charge in [0.15, 0.2) is 0 Å². The number of hydrogen-bond acceptors (Lipinski definition) is 4. The minimum absolute atomic E-state index is 0.511. The number of allylic oxidation sites excluding steroid dienone is 1. The SMILES string of the molecule is Cc1ccc(C)c(-c2csc(/C(C#N)=C/c3ccco3)n2)c1. The van der Waals surface area contributed by atoms with Crippen molar-refractivity contribution < 1.29 is 4.42 Å². The summed E-state index contributed by atoms with van der Waals surface area (Å²) in [7, 11) is 0. The second-order valence-corrected chi connectivity index (χ2v) is 5.90. The Hall–Kier alpha value is -2.64. The molecule has 0 amide bonds. The minimum Gasteiger partial charge on any atom is -0.465 e. The van der Waals surface area contributed by atoms with E-state index in [0.717, 1.165) is 11.3 Å². The van der Waals surface area contributed by atoms with E-state index in [4.69, 9.17) is 4.42 Å². The van der Waals surface area contributed by atoms with Crippen LogP contribution in [0.15, 0.2) is 46.4 Å². The van der Waals surface area contributed by atoms with Crippen LogP contribution in [0.2, 0.25) is 0 Å². The maximum atomic E-state index is 9.36. The van der Waals surface area contributed by atoms with Gasteiger partial charge >= 0.3 is 0 Å². The summed E-state index contributed by atoms with van der Waals surface area (Å²) in [6, 6.07) is 12.1. The molecule has 0 radical (unpaired) electrons. The van der Waals surface area contributed by atoms with Crippen LogP contribution in [-0.4, -0.2) is 4.98 Å². The molecule has 22 heavy (non-hydrogen) atoms. The zero-order chi connectivity index (χ0) is 15.5. The smallest absolute Gasteiger partial charge is 0.134 e. The summed E-state index contributed by atoms with van der Waals surface area (Å²) in [5.74, 6) is 0.653. The number of hydrogen-bond donors (Lipinski definition) is 0. The molecule has 0 aliphatic rings. The molecule has 108 valence electrons. The molecule has 0 bridgehead atoms. The van der Waals surface area contributed by atoms with Crippen molar-refractivity contribution in [2.45, 2.75) is 13.8 Å². The summed E-state index contributed by atoms with van der Waals surface area (Å²) in [5.41, 5.74) is 4.90. The van der Waals surface area contributed by atoms with Gasteiger partial charge in [-0.3, -0.25) is 0 Å². The monoisotopic (exact) mass is 306 g/mol. The first-order chi connectivity index (χ1) is 10.7. The van der Waals surface area contributed by atoms with E-state index in [0.29, 0.717) is 16.3 Å². The molecule has 0 atom stereocenters. The van der Waals surface area contributed by atoms with Crippen molar-refractivity contribution in [1.82, 2.24) is 4.98 Å². The van der Waals surface area contributed by atoms with E-state index in [2.05, 4.69) is 43.1 Å². The molecule has 3 aromatic rings. The molecular weight excluding hydrogens is 292 g/mol. The van der Waals surface area contributed by atoms with Crippen LogP contribution < -0.4 is 0 Å². The number of rotatable bonds is 3. The van der Waals surface area contributed by atoms with Crippen molar-refractivity contribution in [2.24, 2.45) is 0 Å². The van der Waals surface area contributed by atoms with Gasteiger partial charge in [0.25, 0.3) is 0 Å². The van der Waals surface area contributed by atoms with Gasteiger partial charge in [-0.15, -0.1) is 11.3 Å². The topological polar surface area (TPSA) is 49.8 Å². The van der Waals surface area contributed by atoms with Crippen molar-refractivity contribution in [2.75, 3.05) is 0 Å². The summed E-state index contributed by atoms with van der Waals surface area (Å²) in [5, 5.41) is 12.1. The van der Waals surface area contributed by atoms with Crippen LogP contribution in [0, 0.1) is 25.2 Å². The summed E-state index contributed by atoms with van der Waals surface area (Å²) in [6.07, 6.45) is 3.30. The zero-order valence-corrected chi connectivity index (χ0v) is 13.1. The van der Waals surface area contributed by atoms with E-state index < -0.39 is 0 Å². The molecule has 1 aromatic carbocycles. The standard InChI is InChI=1S/C18H14N2OS/c1-12-5-6-13(2)16(8-12)17-11-22-18(20-17)14(10-19)9-15-4-3-7-21-15/h3-9,11H,1-2H3/b14-9+. The van der Waals surface area contributed by atoms with Crippen LogP contribution in [0.25, 0.3) is 22.9 Å². The zero-order valence-electron chi connectivity index (χ0n) is 12.3. The molecule has 0 fully saturated rings. The predicted molar refractivity (Wildman–Crippen MR) is 89.2 cm³/mol. The van der Waals surface area contributed by atoms with Gasteiger partial charge in [0, 0.05) is 17.0 Å². The van der Waals surface area contributed by atoms with Crippen molar-refractivity contribution in [3.8, 4) is 17.3 Å². The predicted octanol–water partition coefficient (Wildman–Crippen LogP) is 5.08. The Labute approximate surface area is 133 Å². The van der Waals surface area contributed by atoms with Crippen molar-refractivity contribution in [3.05, 3.63) is 63.9 Å². The normalized spacial score (nSPS) is 11.4. The van der Waals surface area contributed by atoms with Crippen LogP contribution >= 0.6 is 11.3 Å². The first kappa shape index (κ1) is 14.3. The first-order valence-corrected chi connectivity index (χ1v) is 7.74. The third-order valence-electron chi connectivity index (χ3n) is 3.35. The molecule has 0 spiro atoms. The van der Waals surface area contributed by atoms with Gasteiger partial charge in [0.05, 0.1) is 17.5 Å². The van der Waals surface area contributed by atoms with Crippen molar-refractivity contribution in [3.63, 3.8) is 0 Å². The van der Waals surface area contributed by atoms with E-state index in [1.165, 1.54) is 22.5 Å². The van der Waals surface area contributed by atoms with Crippen LogP contribution in [0.3, 0.4) is 0 Å². The van der Waals surface area contributed by atoms with Crippen LogP contribution in [0.1, 0.15) is 21.9 Å². The van der Waals surface area contributed by atoms with Gasteiger partial charge in [0.2, 0.25) is 0 Å². The Balaban J connectivity index is 2.00. The fourth-order valence-corrected chi connectivity index (χ4v) is 2.98. The van der Waals surface area contributed by atoms with Crippen molar-refractivity contribution >= 4 is 23.0 Å². The quantitative estimate of drug-likeness (QED) is 0.634. The van der Waals surface area contributed by atoms with Gasteiger partial charge < -0.3 is 4.42 Å². The second-order valence-electron chi connectivity index (χ2n) is 5.04. The van der Waals surface area contributed by atoms with Crippen LogP contribution in [0.4, 0.5) is 0 Å². The van der Waals surface area contributed by atoms with E-state index in [9.17, 15) is 5.26 Å². The molecule has 2 aromatic heterocycles. The summed E-state index contributed by atoms with van der Waals surface area (Å²) >= 11 is 1.47. The average Bonchev–Trinajstić information content (AvgIpc) is 3.18. The fourth-order valence-electron chi connectivity index (χ4n) is 2.19. The summed E-state index contributed by atoms with van der Waals surface area (Å²) < 4.78 is 5.26. The lowest BCUT2D eigenvalue weighted by Gasteiger charge is -2.03. The second kappa shape index (κ2) is 6.00. The summed E-state index contributed by atoms with van der Waals surface area (Å²) in [4.78, 5) is 4.62. The van der Waals surface area contributed by atoms with E-state index in [-0.39, 0.29) is 0 Å². The molecule has 0 unspecified atom stereocenters. The van der Waals surface area contributed by atoms with Gasteiger partial charge in [-0.1, -0.05) is 17.7 Å². The number of furan rings is 1. The Morgan fingerprint density at radius 3 is 2.91 bits per heavy atom. The van der Waals surface area contributed by atoms with Crippen LogP contribution in [0.5, 0.6) is 0 Å². The highest BCUT2D eigenvalue weighted by molar-refractivity contribution is 7.11. The number of aromatic nitrogens is 1. The average molecular weight is 306 g/mol. The maximum Gasteiger partial charge on any atom is 0.134 e. The molecule has 4 heteroatoms. The molecule has 0 saturated carbocycles. The highest BCUT2D eigenvalue weighted by Crippen LogP contribution is 2.29. The molecule has 0 N–H and O–H groups in total. The highest BCUT2D eigenvalue weighted by atomic mass is 32.1. The number of nitriles is 1. The Bertz CT molecular complexity index is 867. The molecular formula is C18H14N2OS. The number of nitrogens with zero attached hydrogens (tertiary/aromatic N) is 2. The van der Waals surface area contributed by atoms with Gasteiger partial charge in [-0.25, -0.2) is 4.98 Å². The molecule has 0 saturated heterocycles. The maximum absolute atomic E-state index is 9.36. The molecule has 0 aliphatic heterocycles.